The van der Waals surface area contributed by atoms with E-state index in [9.17, 15) is 22.5 Å². The number of rotatable bonds is 3. The first-order valence-electron chi connectivity index (χ1n) is 5.83. The number of benzene rings is 1. The lowest BCUT2D eigenvalue weighted by Gasteiger charge is -2.19. The van der Waals surface area contributed by atoms with Crippen LogP contribution in [0.1, 0.15) is 31.1 Å². The molecule has 0 aliphatic carbocycles. The molecule has 1 aromatic carbocycles. The first kappa shape index (κ1) is 16.1. The van der Waals surface area contributed by atoms with Crippen LogP contribution < -0.4 is 5.32 Å². The summed E-state index contributed by atoms with van der Waals surface area (Å²) in [5.74, 6) is 0. The fourth-order valence-electron chi connectivity index (χ4n) is 1.33. The van der Waals surface area contributed by atoms with Gasteiger partial charge in [0.1, 0.15) is 11.3 Å². The highest BCUT2D eigenvalue weighted by Crippen LogP contribution is 2.18. The molecular formula is C12H14BF3NO3-. The fraction of sp³-hybridized carbons (Fsp3) is 0.333. The van der Waals surface area contributed by atoms with Crippen molar-refractivity contribution < 1.29 is 27.3 Å². The SMILES string of the molecule is CC(C)(C)OC(=O)Nc1ccc(C(=O)[B-](F)(F)F)cc1. The first-order chi connectivity index (χ1) is 8.99. The highest BCUT2D eigenvalue weighted by atomic mass is 19.4. The largest absolute Gasteiger partial charge is 0.549 e. The Hall–Kier alpha value is -1.99. The molecular weight excluding hydrogens is 274 g/mol. The van der Waals surface area contributed by atoms with Gasteiger partial charge in [-0.1, -0.05) is 12.1 Å². The molecule has 0 unspecified atom stereocenters. The van der Waals surface area contributed by atoms with Gasteiger partial charge in [-0.2, -0.15) is 0 Å². The number of carbonyl (C=O) groups is 2. The molecule has 0 radical (unpaired) electrons. The van der Waals surface area contributed by atoms with Gasteiger partial charge in [-0.3, -0.25) is 5.32 Å². The minimum atomic E-state index is -5.55. The Morgan fingerprint density at radius 3 is 2.00 bits per heavy atom. The lowest BCUT2D eigenvalue weighted by molar-refractivity contribution is 0.0636. The third-order valence-corrected chi connectivity index (χ3v) is 2.11. The summed E-state index contributed by atoms with van der Waals surface area (Å²) in [7, 11) is 0. The minimum absolute atomic E-state index is 0.241. The molecule has 0 aliphatic heterocycles. The van der Waals surface area contributed by atoms with Gasteiger partial charge in [0.2, 0.25) is 0 Å². The average molecular weight is 288 g/mol. The van der Waals surface area contributed by atoms with E-state index in [4.69, 9.17) is 4.74 Å². The number of hydrogen-bond acceptors (Lipinski definition) is 3. The van der Waals surface area contributed by atoms with Gasteiger partial charge in [-0.05, 0) is 38.5 Å². The van der Waals surface area contributed by atoms with Crippen molar-refractivity contribution in [1.82, 2.24) is 0 Å². The van der Waals surface area contributed by atoms with E-state index < -0.39 is 29.9 Å². The Bertz CT molecular complexity index is 506. The molecule has 4 nitrogen and oxygen atoms in total. The van der Waals surface area contributed by atoms with Crippen molar-refractivity contribution in [3.05, 3.63) is 29.8 Å². The van der Waals surface area contributed by atoms with Gasteiger partial charge in [0.25, 0.3) is 0 Å². The summed E-state index contributed by atoms with van der Waals surface area (Å²) in [5, 5.41) is 2.35. The molecule has 20 heavy (non-hydrogen) atoms. The van der Waals surface area contributed by atoms with Gasteiger partial charge < -0.3 is 22.5 Å². The highest BCUT2D eigenvalue weighted by molar-refractivity contribution is 6.93. The first-order valence-corrected chi connectivity index (χ1v) is 5.83. The van der Waals surface area contributed by atoms with Crippen LogP contribution in [0.5, 0.6) is 0 Å². The quantitative estimate of drug-likeness (QED) is 0.864. The summed E-state index contributed by atoms with van der Waals surface area (Å²) in [6.07, 6.45) is -0.725. The molecule has 1 amide bonds. The number of ether oxygens (including phenoxy) is 1. The van der Waals surface area contributed by atoms with E-state index in [-0.39, 0.29) is 5.69 Å². The summed E-state index contributed by atoms with van der Waals surface area (Å²) >= 11 is 0. The fourth-order valence-corrected chi connectivity index (χ4v) is 1.33. The van der Waals surface area contributed by atoms with E-state index in [1.165, 1.54) is 12.1 Å². The van der Waals surface area contributed by atoms with Crippen molar-refractivity contribution in [2.45, 2.75) is 26.4 Å². The molecule has 0 aliphatic rings. The van der Waals surface area contributed by atoms with Crippen LogP contribution >= 0.6 is 0 Å². The third-order valence-electron chi connectivity index (χ3n) is 2.11. The maximum Gasteiger partial charge on any atom is 0.549 e. The molecule has 1 N–H and O–H groups in total. The van der Waals surface area contributed by atoms with Gasteiger partial charge in [0.05, 0.1) is 0 Å². The molecule has 0 saturated heterocycles. The Labute approximate surface area is 114 Å². The molecule has 0 heterocycles. The Morgan fingerprint density at radius 2 is 1.60 bits per heavy atom. The molecule has 110 valence electrons. The van der Waals surface area contributed by atoms with Crippen molar-refractivity contribution >= 4 is 24.4 Å². The second-order valence-corrected chi connectivity index (χ2v) is 5.14. The zero-order valence-corrected chi connectivity index (χ0v) is 11.2. The lowest BCUT2D eigenvalue weighted by atomic mass is 9.80. The van der Waals surface area contributed by atoms with E-state index in [1.54, 1.807) is 20.8 Å². The van der Waals surface area contributed by atoms with Crippen LogP contribution in [0.4, 0.5) is 23.4 Å². The molecule has 0 spiro atoms. The van der Waals surface area contributed by atoms with Crippen molar-refractivity contribution in [3.8, 4) is 0 Å². The van der Waals surface area contributed by atoms with Crippen molar-refractivity contribution in [2.75, 3.05) is 5.32 Å². The van der Waals surface area contributed by atoms with Crippen LogP contribution in [-0.2, 0) is 4.74 Å². The number of hydrogen-bond donors (Lipinski definition) is 1. The average Bonchev–Trinajstić information content (AvgIpc) is 2.25. The minimum Gasteiger partial charge on any atom is -0.444 e. The molecule has 1 aromatic rings. The molecule has 0 atom stereocenters. The number of nitrogens with one attached hydrogen (secondary N) is 1. The van der Waals surface area contributed by atoms with E-state index in [0.717, 1.165) is 12.1 Å². The Morgan fingerprint density at radius 1 is 1.10 bits per heavy atom. The number of halogens is 3. The molecule has 1 rings (SSSR count). The number of carbonyl (C=O) groups excluding carboxylic acids is 2. The predicted molar refractivity (Wildman–Crippen MR) is 69.7 cm³/mol. The standard InChI is InChI=1S/C12H14BF3NO3/c1-12(2,3)20-11(19)17-9-6-4-8(5-7-9)10(18)13(14,15)16/h4-7H,1-3H3,(H,17,19)/q-1. The van der Waals surface area contributed by atoms with Crippen LogP contribution in [0.2, 0.25) is 0 Å². The second kappa shape index (κ2) is 5.56. The lowest BCUT2D eigenvalue weighted by Crippen LogP contribution is -2.29. The van der Waals surface area contributed by atoms with E-state index in [2.05, 4.69) is 5.32 Å². The summed E-state index contributed by atoms with van der Waals surface area (Å²) < 4.78 is 41.7. The normalized spacial score (nSPS) is 11.9. The highest BCUT2D eigenvalue weighted by Gasteiger charge is 2.33. The smallest absolute Gasteiger partial charge is 0.444 e. The van der Waals surface area contributed by atoms with Crippen LogP contribution in [0.15, 0.2) is 24.3 Å². The van der Waals surface area contributed by atoms with E-state index in [0.29, 0.717) is 0 Å². The number of amides is 1. The van der Waals surface area contributed by atoms with Crippen LogP contribution in [0.25, 0.3) is 0 Å². The maximum atomic E-state index is 12.3. The summed E-state index contributed by atoms with van der Waals surface area (Å²) in [5.41, 5.74) is -2.77. The van der Waals surface area contributed by atoms with Crippen LogP contribution in [0, 0.1) is 0 Å². The maximum absolute atomic E-state index is 12.3. The van der Waals surface area contributed by atoms with Gasteiger partial charge in [0, 0.05) is 5.69 Å². The van der Waals surface area contributed by atoms with Crippen LogP contribution in [-0.4, -0.2) is 24.4 Å². The molecule has 0 saturated carbocycles. The van der Waals surface area contributed by atoms with Gasteiger partial charge in [-0.25, -0.2) is 4.79 Å². The van der Waals surface area contributed by atoms with Crippen LogP contribution in [0.3, 0.4) is 0 Å². The summed E-state index contributed by atoms with van der Waals surface area (Å²) in [6.45, 7) is -0.513. The zero-order chi connectivity index (χ0) is 15.6. The predicted octanol–water partition coefficient (Wildman–Crippen LogP) is 3.60. The molecule has 0 aromatic heterocycles. The van der Waals surface area contributed by atoms with Gasteiger partial charge in [0.15, 0.2) is 0 Å². The number of anilines is 1. The molecule has 0 bridgehead atoms. The molecule has 0 fully saturated rings. The monoisotopic (exact) mass is 288 g/mol. The van der Waals surface area contributed by atoms with Gasteiger partial charge in [-0.15, -0.1) is 0 Å². The molecule has 8 heteroatoms. The summed E-state index contributed by atoms with van der Waals surface area (Å²) in [4.78, 5) is 22.4. The second-order valence-electron chi connectivity index (χ2n) is 5.14. The van der Waals surface area contributed by atoms with Gasteiger partial charge >= 0.3 is 13.1 Å². The van der Waals surface area contributed by atoms with E-state index in [1.807, 2.05) is 0 Å². The van der Waals surface area contributed by atoms with E-state index >= 15 is 0 Å². The van der Waals surface area contributed by atoms with Crippen molar-refractivity contribution in [2.24, 2.45) is 0 Å². The summed E-state index contributed by atoms with van der Waals surface area (Å²) in [6, 6.07) is 4.42. The Balaban J connectivity index is 2.73. The van der Waals surface area contributed by atoms with Crippen molar-refractivity contribution in [3.63, 3.8) is 0 Å². The Kier molecular flexibility index (Phi) is 4.47. The third kappa shape index (κ3) is 4.95. The van der Waals surface area contributed by atoms with Crippen molar-refractivity contribution in [1.29, 1.82) is 0 Å². The zero-order valence-electron chi connectivity index (χ0n) is 11.2. The topological polar surface area (TPSA) is 55.4 Å².